The number of benzene rings is 2. The summed E-state index contributed by atoms with van der Waals surface area (Å²) >= 11 is 5.92. The van der Waals surface area contributed by atoms with Crippen molar-refractivity contribution >= 4 is 45.7 Å². The van der Waals surface area contributed by atoms with Gasteiger partial charge in [0.15, 0.2) is 0 Å². The minimum absolute atomic E-state index is 0.116. The standard InChI is InChI=1S/C20H21ClN2O8S/c1-20(2,3)31-19(27)15-8-6-13(10-17(15)25)32(28,29)22-23(11-24)16-9-12(21)5-7-14(16)18(26)30-4/h5-11,22,25H,1-4H3. The van der Waals surface area contributed by atoms with Crippen molar-refractivity contribution in [1.82, 2.24) is 4.83 Å². The maximum absolute atomic E-state index is 12.8. The Morgan fingerprint density at radius 1 is 1.09 bits per heavy atom. The number of amides is 1. The number of sulfonamides is 1. The summed E-state index contributed by atoms with van der Waals surface area (Å²) in [6.07, 6.45) is 0.116. The van der Waals surface area contributed by atoms with Gasteiger partial charge in [0.25, 0.3) is 10.0 Å². The van der Waals surface area contributed by atoms with E-state index in [1.54, 1.807) is 20.8 Å². The molecule has 32 heavy (non-hydrogen) atoms. The highest BCUT2D eigenvalue weighted by Crippen LogP contribution is 2.27. The summed E-state index contributed by atoms with van der Waals surface area (Å²) in [5.41, 5.74) is -1.38. The highest BCUT2D eigenvalue weighted by molar-refractivity contribution is 7.89. The molecular formula is C20H21ClN2O8S. The Kier molecular flexibility index (Phi) is 7.50. The van der Waals surface area contributed by atoms with Crippen molar-refractivity contribution in [2.24, 2.45) is 0 Å². The second kappa shape index (κ2) is 9.55. The SMILES string of the molecule is COC(=O)c1ccc(Cl)cc1N(C=O)NS(=O)(=O)c1ccc(C(=O)OC(C)(C)C)c(O)c1. The molecular weight excluding hydrogens is 464 g/mol. The summed E-state index contributed by atoms with van der Waals surface area (Å²) in [7, 11) is -3.33. The second-order valence-corrected chi connectivity index (χ2v) is 9.50. The van der Waals surface area contributed by atoms with Gasteiger partial charge in [0.1, 0.15) is 16.9 Å². The van der Waals surface area contributed by atoms with Crippen molar-refractivity contribution in [1.29, 1.82) is 0 Å². The summed E-state index contributed by atoms with van der Waals surface area (Å²) in [6.45, 7) is 4.91. The molecule has 10 nitrogen and oxygen atoms in total. The zero-order valence-electron chi connectivity index (χ0n) is 17.6. The number of anilines is 1. The van der Waals surface area contributed by atoms with E-state index in [9.17, 15) is 27.9 Å². The van der Waals surface area contributed by atoms with Crippen molar-refractivity contribution in [3.05, 3.63) is 52.5 Å². The van der Waals surface area contributed by atoms with Crippen LogP contribution >= 0.6 is 11.6 Å². The van der Waals surface area contributed by atoms with Crippen LogP contribution in [0.1, 0.15) is 41.5 Å². The van der Waals surface area contributed by atoms with E-state index in [1.165, 1.54) is 18.2 Å². The monoisotopic (exact) mass is 484 g/mol. The van der Waals surface area contributed by atoms with Crippen LogP contribution in [0, 0.1) is 0 Å². The van der Waals surface area contributed by atoms with Gasteiger partial charge in [-0.2, -0.15) is 0 Å². The highest BCUT2D eigenvalue weighted by Gasteiger charge is 2.26. The first kappa shape index (κ1) is 25.1. The van der Waals surface area contributed by atoms with Gasteiger partial charge in [-0.15, -0.1) is 4.83 Å². The number of halogens is 1. The number of methoxy groups -OCH3 is 1. The molecule has 0 atom stereocenters. The number of rotatable bonds is 7. The van der Waals surface area contributed by atoms with Gasteiger partial charge in [-0.3, -0.25) is 4.79 Å². The molecule has 0 spiro atoms. The number of phenolic OH excluding ortho intramolecular Hbond substituents is 1. The molecule has 0 aliphatic carbocycles. The number of nitrogens with zero attached hydrogens (tertiary/aromatic N) is 1. The predicted molar refractivity (Wildman–Crippen MR) is 115 cm³/mol. The third kappa shape index (κ3) is 5.96. The largest absolute Gasteiger partial charge is 0.507 e. The molecule has 0 aromatic heterocycles. The van der Waals surface area contributed by atoms with Crippen molar-refractivity contribution < 1.29 is 37.4 Å². The molecule has 2 N–H and O–H groups in total. The fourth-order valence-corrected chi connectivity index (χ4v) is 3.67. The normalized spacial score (nSPS) is 11.5. The lowest BCUT2D eigenvalue weighted by Gasteiger charge is -2.21. The zero-order chi connectivity index (χ0) is 24.3. The van der Waals surface area contributed by atoms with E-state index in [4.69, 9.17) is 16.3 Å². The molecule has 1 amide bonds. The summed E-state index contributed by atoms with van der Waals surface area (Å²) < 4.78 is 35.4. The van der Waals surface area contributed by atoms with Gasteiger partial charge in [-0.25, -0.2) is 23.0 Å². The lowest BCUT2D eigenvalue weighted by Crippen LogP contribution is -2.42. The number of aromatic hydroxyl groups is 1. The first-order chi connectivity index (χ1) is 14.8. The van der Waals surface area contributed by atoms with Crippen LogP contribution in [0.15, 0.2) is 41.3 Å². The fraction of sp³-hybridized carbons (Fsp3) is 0.250. The topological polar surface area (TPSA) is 139 Å². The molecule has 0 radical (unpaired) electrons. The van der Waals surface area contributed by atoms with E-state index in [0.29, 0.717) is 5.01 Å². The van der Waals surface area contributed by atoms with E-state index in [2.05, 4.69) is 4.74 Å². The van der Waals surface area contributed by atoms with Crippen LogP contribution < -0.4 is 9.84 Å². The minimum Gasteiger partial charge on any atom is -0.507 e. The Hall–Kier alpha value is -3.15. The average Bonchev–Trinajstić information content (AvgIpc) is 2.69. The fourth-order valence-electron chi connectivity index (χ4n) is 2.48. The average molecular weight is 485 g/mol. The van der Waals surface area contributed by atoms with Crippen LogP contribution in [0.25, 0.3) is 0 Å². The summed E-state index contributed by atoms with van der Waals surface area (Å²) in [6, 6.07) is 6.75. The summed E-state index contributed by atoms with van der Waals surface area (Å²) in [5, 5.41) is 10.8. The van der Waals surface area contributed by atoms with Crippen LogP contribution in [-0.4, -0.2) is 44.6 Å². The number of ether oxygens (including phenoxy) is 2. The van der Waals surface area contributed by atoms with Crippen LogP contribution in [-0.2, 0) is 24.3 Å². The van der Waals surface area contributed by atoms with Crippen molar-refractivity contribution in [3.63, 3.8) is 0 Å². The van der Waals surface area contributed by atoms with Crippen LogP contribution in [0.2, 0.25) is 5.02 Å². The molecule has 172 valence electrons. The number of nitrogens with one attached hydrogen (secondary N) is 1. The molecule has 0 saturated heterocycles. The van der Waals surface area contributed by atoms with Crippen LogP contribution in [0.4, 0.5) is 5.69 Å². The Morgan fingerprint density at radius 2 is 1.72 bits per heavy atom. The maximum Gasteiger partial charge on any atom is 0.342 e. The third-order valence-electron chi connectivity index (χ3n) is 3.85. The molecule has 2 aromatic rings. The Morgan fingerprint density at radius 3 is 2.25 bits per heavy atom. The number of carbonyl (C=O) groups is 3. The van der Waals surface area contributed by atoms with Gasteiger partial charge in [0.2, 0.25) is 6.41 Å². The number of phenols is 1. The number of esters is 2. The summed E-state index contributed by atoms with van der Waals surface area (Å²) in [5.74, 6) is -2.32. The molecule has 0 fully saturated rings. The van der Waals surface area contributed by atoms with Gasteiger partial charge in [0.05, 0.1) is 23.3 Å². The van der Waals surface area contributed by atoms with E-state index < -0.39 is 38.2 Å². The van der Waals surface area contributed by atoms with E-state index in [1.807, 2.05) is 4.83 Å². The number of hydrogen-bond acceptors (Lipinski definition) is 8. The van der Waals surface area contributed by atoms with Crippen molar-refractivity contribution in [2.75, 3.05) is 12.1 Å². The third-order valence-corrected chi connectivity index (χ3v) is 5.39. The van der Waals surface area contributed by atoms with Gasteiger partial charge in [-0.1, -0.05) is 11.6 Å². The maximum atomic E-state index is 12.8. The molecule has 0 unspecified atom stereocenters. The van der Waals surface area contributed by atoms with Crippen molar-refractivity contribution in [2.45, 2.75) is 31.3 Å². The molecule has 2 aromatic carbocycles. The first-order valence-corrected chi connectivity index (χ1v) is 10.9. The first-order valence-electron chi connectivity index (χ1n) is 9.00. The molecule has 0 aliphatic heterocycles. The molecule has 0 aliphatic rings. The zero-order valence-corrected chi connectivity index (χ0v) is 19.2. The number of carbonyl (C=O) groups excluding carboxylic acids is 3. The van der Waals surface area contributed by atoms with E-state index in [0.717, 1.165) is 25.3 Å². The van der Waals surface area contributed by atoms with Gasteiger partial charge in [-0.05, 0) is 51.1 Å². The number of hydrogen-bond donors (Lipinski definition) is 2. The predicted octanol–water partition coefficient (Wildman–Crippen LogP) is 2.64. The molecule has 0 saturated carbocycles. The Labute approximate surface area is 189 Å². The van der Waals surface area contributed by atoms with Gasteiger partial charge < -0.3 is 14.6 Å². The molecule has 2 rings (SSSR count). The van der Waals surface area contributed by atoms with E-state index in [-0.39, 0.29) is 28.2 Å². The smallest absolute Gasteiger partial charge is 0.342 e. The molecule has 0 heterocycles. The highest BCUT2D eigenvalue weighted by atomic mass is 35.5. The van der Waals surface area contributed by atoms with E-state index >= 15 is 0 Å². The lowest BCUT2D eigenvalue weighted by atomic mass is 10.1. The Bertz CT molecular complexity index is 1160. The van der Waals surface area contributed by atoms with Crippen LogP contribution in [0.5, 0.6) is 5.75 Å². The van der Waals surface area contributed by atoms with Crippen molar-refractivity contribution in [3.8, 4) is 5.75 Å². The Balaban J connectivity index is 2.40. The second-order valence-electron chi connectivity index (χ2n) is 7.40. The summed E-state index contributed by atoms with van der Waals surface area (Å²) in [4.78, 5) is 37.3. The molecule has 0 bridgehead atoms. The van der Waals surface area contributed by atoms with Gasteiger partial charge >= 0.3 is 11.9 Å². The lowest BCUT2D eigenvalue weighted by molar-refractivity contribution is -0.107. The van der Waals surface area contributed by atoms with Gasteiger partial charge in [0, 0.05) is 11.1 Å². The van der Waals surface area contributed by atoms with Crippen LogP contribution in [0.3, 0.4) is 0 Å². The quantitative estimate of drug-likeness (QED) is 0.347. The minimum atomic E-state index is -4.44. The number of hydrazine groups is 1. The molecule has 12 heteroatoms.